The molecule has 0 amide bonds. The summed E-state index contributed by atoms with van der Waals surface area (Å²) in [6, 6.07) is 26.3. The molecule has 0 aliphatic heterocycles. The SMILES string of the molecule is CC(C)(C)C1Cc2c(n(Cc3ccc(Cl)cc3)c3ccc(OCc4ccc5ccccc5n4)cc23)C(CC(=O)O)C1. The van der Waals surface area contributed by atoms with Crippen LogP contribution in [0.25, 0.3) is 21.8 Å². The molecule has 6 heteroatoms. The molecule has 2 heterocycles. The van der Waals surface area contributed by atoms with Gasteiger partial charge in [-0.25, -0.2) is 4.98 Å². The topological polar surface area (TPSA) is 64.4 Å². The van der Waals surface area contributed by atoms with Gasteiger partial charge >= 0.3 is 5.97 Å². The molecular formula is C35H35ClN2O3. The van der Waals surface area contributed by atoms with Crippen LogP contribution in [0.2, 0.25) is 5.02 Å². The quantitative estimate of drug-likeness (QED) is 0.214. The molecule has 2 aromatic heterocycles. The Morgan fingerprint density at radius 2 is 1.83 bits per heavy atom. The van der Waals surface area contributed by atoms with E-state index in [4.69, 9.17) is 21.3 Å². The van der Waals surface area contributed by atoms with Gasteiger partial charge in [-0.1, -0.05) is 68.8 Å². The second-order valence-corrected chi connectivity index (χ2v) is 12.8. The van der Waals surface area contributed by atoms with Crippen molar-refractivity contribution in [1.29, 1.82) is 0 Å². The molecule has 0 saturated heterocycles. The van der Waals surface area contributed by atoms with Gasteiger partial charge in [0.1, 0.15) is 12.4 Å². The number of aromatic nitrogens is 2. The number of halogens is 1. The minimum Gasteiger partial charge on any atom is -0.487 e. The molecule has 3 aromatic carbocycles. The molecule has 1 aliphatic rings. The molecule has 0 fully saturated rings. The standard InChI is InChI=1S/C35H35ClN2O3/c1-35(2,3)25-16-24(17-33(39)40)34-30(18-25)29-19-28(41-21-27-13-10-23-6-4-5-7-31(23)37-27)14-15-32(29)38(34)20-22-8-11-26(36)12-9-22/h4-15,19,24-25H,16-18,20-21H2,1-3H3,(H,39,40). The summed E-state index contributed by atoms with van der Waals surface area (Å²) in [5, 5.41) is 12.9. The summed E-state index contributed by atoms with van der Waals surface area (Å²) in [5.74, 6) is 0.337. The number of carboxylic acid groups (broad SMARTS) is 1. The molecule has 41 heavy (non-hydrogen) atoms. The van der Waals surface area contributed by atoms with Gasteiger partial charge in [0.05, 0.1) is 17.6 Å². The van der Waals surface area contributed by atoms with Gasteiger partial charge in [0.2, 0.25) is 0 Å². The van der Waals surface area contributed by atoms with Crippen molar-refractivity contribution in [2.75, 3.05) is 0 Å². The highest BCUT2D eigenvalue weighted by Gasteiger charge is 2.38. The molecule has 2 atom stereocenters. The maximum Gasteiger partial charge on any atom is 0.304 e. The highest BCUT2D eigenvalue weighted by atomic mass is 35.5. The Hall–Kier alpha value is -3.83. The monoisotopic (exact) mass is 566 g/mol. The van der Waals surface area contributed by atoms with Crippen molar-refractivity contribution in [1.82, 2.24) is 9.55 Å². The Kier molecular flexibility index (Phi) is 7.25. The lowest BCUT2D eigenvalue weighted by Crippen LogP contribution is -2.30. The fourth-order valence-corrected chi connectivity index (χ4v) is 6.44. The smallest absolute Gasteiger partial charge is 0.304 e. The average molecular weight is 567 g/mol. The van der Waals surface area contributed by atoms with E-state index in [1.54, 1.807) is 0 Å². The normalized spacial score (nSPS) is 17.1. The van der Waals surface area contributed by atoms with Gasteiger partial charge in [0.15, 0.2) is 0 Å². The minimum atomic E-state index is -0.759. The van der Waals surface area contributed by atoms with Crippen LogP contribution in [-0.2, 0) is 24.4 Å². The lowest BCUT2D eigenvalue weighted by atomic mass is 9.67. The van der Waals surface area contributed by atoms with Crippen molar-refractivity contribution in [3.8, 4) is 5.75 Å². The molecular weight excluding hydrogens is 532 g/mol. The summed E-state index contributed by atoms with van der Waals surface area (Å²) in [6.45, 7) is 7.81. The van der Waals surface area contributed by atoms with E-state index in [0.717, 1.165) is 57.3 Å². The number of ether oxygens (including phenoxy) is 1. The van der Waals surface area contributed by atoms with E-state index in [9.17, 15) is 9.90 Å². The zero-order valence-electron chi connectivity index (χ0n) is 23.7. The van der Waals surface area contributed by atoms with Gasteiger partial charge in [-0.2, -0.15) is 0 Å². The van der Waals surface area contributed by atoms with Crippen LogP contribution in [0, 0.1) is 11.3 Å². The Morgan fingerprint density at radius 3 is 2.59 bits per heavy atom. The van der Waals surface area contributed by atoms with Crippen LogP contribution in [0.3, 0.4) is 0 Å². The molecule has 1 aliphatic carbocycles. The Labute approximate surface area is 245 Å². The van der Waals surface area contributed by atoms with Gasteiger partial charge in [0, 0.05) is 39.5 Å². The van der Waals surface area contributed by atoms with E-state index in [2.05, 4.69) is 49.6 Å². The first kappa shape index (κ1) is 27.3. The predicted octanol–water partition coefficient (Wildman–Crippen LogP) is 8.64. The molecule has 210 valence electrons. The number of benzene rings is 3. The third-order valence-electron chi connectivity index (χ3n) is 8.53. The number of hydrogen-bond donors (Lipinski definition) is 1. The molecule has 5 nitrogen and oxygen atoms in total. The van der Waals surface area contributed by atoms with Crippen LogP contribution in [-0.4, -0.2) is 20.6 Å². The van der Waals surface area contributed by atoms with Gasteiger partial charge in [-0.15, -0.1) is 0 Å². The molecule has 0 radical (unpaired) electrons. The number of para-hydroxylation sites is 1. The van der Waals surface area contributed by atoms with E-state index < -0.39 is 5.97 Å². The van der Waals surface area contributed by atoms with E-state index in [1.165, 1.54) is 5.56 Å². The molecule has 0 saturated carbocycles. The molecule has 6 rings (SSSR count). The molecule has 0 spiro atoms. The number of hydrogen-bond acceptors (Lipinski definition) is 3. The summed E-state index contributed by atoms with van der Waals surface area (Å²) in [4.78, 5) is 16.8. The van der Waals surface area contributed by atoms with Crippen molar-refractivity contribution >= 4 is 39.4 Å². The van der Waals surface area contributed by atoms with Gasteiger partial charge < -0.3 is 14.4 Å². The van der Waals surface area contributed by atoms with Crippen molar-refractivity contribution in [3.05, 3.63) is 106 Å². The number of rotatable bonds is 7. The number of nitrogens with zero attached hydrogens (tertiary/aromatic N) is 2. The van der Waals surface area contributed by atoms with Crippen LogP contribution in [0.5, 0.6) is 5.75 Å². The van der Waals surface area contributed by atoms with E-state index in [1.807, 2.05) is 54.6 Å². The first-order chi connectivity index (χ1) is 19.7. The predicted molar refractivity (Wildman–Crippen MR) is 165 cm³/mol. The number of carbonyl (C=O) groups is 1. The first-order valence-corrected chi connectivity index (χ1v) is 14.6. The Morgan fingerprint density at radius 1 is 1.05 bits per heavy atom. The number of aliphatic carboxylic acids is 1. The third kappa shape index (κ3) is 5.69. The summed E-state index contributed by atoms with van der Waals surface area (Å²) in [6.07, 6.45) is 1.89. The first-order valence-electron chi connectivity index (χ1n) is 14.2. The highest BCUT2D eigenvalue weighted by Crippen LogP contribution is 2.48. The maximum absolute atomic E-state index is 12.1. The minimum absolute atomic E-state index is 0.0636. The van der Waals surface area contributed by atoms with Crippen molar-refractivity contribution in [2.45, 2.75) is 59.1 Å². The van der Waals surface area contributed by atoms with Crippen LogP contribution >= 0.6 is 11.6 Å². The maximum atomic E-state index is 12.1. The lowest BCUT2D eigenvalue weighted by molar-refractivity contribution is -0.137. The van der Waals surface area contributed by atoms with Crippen LogP contribution in [0.1, 0.15) is 62.0 Å². The fraction of sp³-hybridized carbons (Fsp3) is 0.314. The van der Waals surface area contributed by atoms with Gasteiger partial charge in [-0.3, -0.25) is 4.79 Å². The van der Waals surface area contributed by atoms with Gasteiger partial charge in [0.25, 0.3) is 0 Å². The fourth-order valence-electron chi connectivity index (χ4n) is 6.32. The van der Waals surface area contributed by atoms with Crippen LogP contribution in [0.4, 0.5) is 0 Å². The molecule has 1 N–H and O–H groups in total. The van der Waals surface area contributed by atoms with Crippen molar-refractivity contribution < 1.29 is 14.6 Å². The van der Waals surface area contributed by atoms with Crippen LogP contribution in [0.15, 0.2) is 78.9 Å². The average Bonchev–Trinajstić information content (AvgIpc) is 3.25. The summed E-state index contributed by atoms with van der Waals surface area (Å²) in [7, 11) is 0. The second-order valence-electron chi connectivity index (χ2n) is 12.3. The highest BCUT2D eigenvalue weighted by molar-refractivity contribution is 6.30. The Balaban J connectivity index is 1.41. The van der Waals surface area contributed by atoms with E-state index in [-0.39, 0.29) is 17.8 Å². The number of fused-ring (bicyclic) bond motifs is 4. The molecule has 5 aromatic rings. The summed E-state index contributed by atoms with van der Waals surface area (Å²) in [5.41, 5.74) is 6.52. The van der Waals surface area contributed by atoms with Crippen molar-refractivity contribution in [3.63, 3.8) is 0 Å². The Bertz CT molecular complexity index is 1730. The molecule has 2 unspecified atom stereocenters. The number of carboxylic acids is 1. The summed E-state index contributed by atoms with van der Waals surface area (Å²) < 4.78 is 8.61. The largest absolute Gasteiger partial charge is 0.487 e. The zero-order valence-corrected chi connectivity index (χ0v) is 24.5. The zero-order chi connectivity index (χ0) is 28.7. The van der Waals surface area contributed by atoms with Crippen LogP contribution < -0.4 is 4.74 Å². The second kappa shape index (κ2) is 10.9. The number of pyridine rings is 1. The summed E-state index contributed by atoms with van der Waals surface area (Å²) >= 11 is 6.17. The molecule has 0 bridgehead atoms. The van der Waals surface area contributed by atoms with Gasteiger partial charge in [-0.05, 0) is 77.8 Å². The van der Waals surface area contributed by atoms with E-state index in [0.29, 0.717) is 24.1 Å². The van der Waals surface area contributed by atoms with Crippen molar-refractivity contribution in [2.24, 2.45) is 11.3 Å². The van der Waals surface area contributed by atoms with E-state index >= 15 is 0 Å². The lowest BCUT2D eigenvalue weighted by Gasteiger charge is -2.38. The third-order valence-corrected chi connectivity index (χ3v) is 8.78.